The van der Waals surface area contributed by atoms with Crippen molar-refractivity contribution >= 4 is 27.5 Å². The van der Waals surface area contributed by atoms with Crippen LogP contribution < -0.4 is 19.1 Å². The Bertz CT molecular complexity index is 1810. The highest BCUT2D eigenvalue weighted by atomic mass is 32.2. The maximum Gasteiger partial charge on any atom is 0.264 e. The van der Waals surface area contributed by atoms with Gasteiger partial charge in [-0.05, 0) is 86.3 Å². The third-order valence-electron chi connectivity index (χ3n) is 9.03. The smallest absolute Gasteiger partial charge is 0.264 e. The van der Waals surface area contributed by atoms with Gasteiger partial charge in [0.25, 0.3) is 10.0 Å². The summed E-state index contributed by atoms with van der Waals surface area (Å²) < 4.78 is 40.9. The van der Waals surface area contributed by atoms with Crippen LogP contribution in [0.1, 0.15) is 55.7 Å². The fourth-order valence-corrected chi connectivity index (χ4v) is 7.72. The van der Waals surface area contributed by atoms with E-state index >= 15 is 0 Å². The van der Waals surface area contributed by atoms with E-state index in [1.54, 1.807) is 31.4 Å². The van der Waals surface area contributed by atoms with Crippen molar-refractivity contribution in [1.29, 1.82) is 0 Å². The lowest BCUT2D eigenvalue weighted by molar-refractivity contribution is -0.140. The number of sulfonamides is 1. The molecule has 0 spiro atoms. The molecular formula is C40H47N3O6S. The zero-order chi connectivity index (χ0) is 35.5. The number of benzene rings is 4. The third kappa shape index (κ3) is 9.44. The predicted octanol–water partition coefficient (Wildman–Crippen LogP) is 6.69. The van der Waals surface area contributed by atoms with Gasteiger partial charge in [0, 0.05) is 19.0 Å². The lowest BCUT2D eigenvalue weighted by Crippen LogP contribution is -2.55. The average molecular weight is 698 g/mol. The Morgan fingerprint density at radius 1 is 0.840 bits per heavy atom. The number of hydrogen-bond acceptors (Lipinski definition) is 6. The van der Waals surface area contributed by atoms with Gasteiger partial charge in [-0.15, -0.1) is 0 Å². The van der Waals surface area contributed by atoms with E-state index in [2.05, 4.69) is 5.32 Å². The maximum absolute atomic E-state index is 14.8. The SMILES string of the molecule is CCOc1ccc(S(=O)(=O)N(CC(=O)N(Cc2cccc(OC)c2)[C@@H](Cc2ccccc2)C(=O)NC2CCCCC2)c2ccc(C)cc2)cc1. The number of methoxy groups -OCH3 is 1. The Balaban J connectivity index is 1.56. The van der Waals surface area contributed by atoms with Crippen LogP contribution in [0.2, 0.25) is 0 Å². The summed E-state index contributed by atoms with van der Waals surface area (Å²) >= 11 is 0. The summed E-state index contributed by atoms with van der Waals surface area (Å²) in [5.41, 5.74) is 2.92. The molecule has 0 heterocycles. The molecule has 9 nitrogen and oxygen atoms in total. The van der Waals surface area contributed by atoms with E-state index in [9.17, 15) is 18.0 Å². The molecule has 5 rings (SSSR count). The zero-order valence-corrected chi connectivity index (χ0v) is 29.9. The average Bonchev–Trinajstić information content (AvgIpc) is 3.13. The van der Waals surface area contributed by atoms with Crippen LogP contribution in [-0.2, 0) is 32.6 Å². The van der Waals surface area contributed by atoms with E-state index in [1.165, 1.54) is 17.0 Å². The standard InChI is InChI=1S/C40H47N3O6S/c1-4-49-35-22-24-37(25-23-35)50(46,47)43(34-20-18-30(2)19-21-34)29-39(44)42(28-32-14-11-17-36(26-32)48-3)38(27-31-12-7-5-8-13-31)40(45)41-33-15-9-6-10-16-33/h5,7-8,11-14,17-26,33,38H,4,6,9-10,15-16,27-29H2,1-3H3,(H,41,45)/t38-/m0/s1. The second kappa shape index (κ2) is 17.2. The summed E-state index contributed by atoms with van der Waals surface area (Å²) in [7, 11) is -2.66. The summed E-state index contributed by atoms with van der Waals surface area (Å²) in [4.78, 5) is 30.6. The van der Waals surface area contributed by atoms with Crippen LogP contribution in [0.5, 0.6) is 11.5 Å². The highest BCUT2D eigenvalue weighted by molar-refractivity contribution is 7.92. The first-order chi connectivity index (χ1) is 24.2. The molecule has 0 bridgehead atoms. The highest BCUT2D eigenvalue weighted by Crippen LogP contribution is 2.27. The normalized spacial score (nSPS) is 14.0. The minimum atomic E-state index is -4.23. The highest BCUT2D eigenvalue weighted by Gasteiger charge is 2.35. The van der Waals surface area contributed by atoms with Crippen LogP contribution in [0.25, 0.3) is 0 Å². The number of rotatable bonds is 15. The van der Waals surface area contributed by atoms with E-state index < -0.39 is 28.5 Å². The van der Waals surface area contributed by atoms with Gasteiger partial charge in [-0.3, -0.25) is 13.9 Å². The fraction of sp³-hybridized carbons (Fsp3) is 0.350. The Hall–Kier alpha value is -4.83. The number of anilines is 1. The summed E-state index contributed by atoms with van der Waals surface area (Å²) in [6.07, 6.45) is 5.23. The lowest BCUT2D eigenvalue weighted by Gasteiger charge is -2.35. The minimum absolute atomic E-state index is 0.0181. The number of ether oxygens (including phenoxy) is 2. The van der Waals surface area contributed by atoms with E-state index in [-0.39, 0.29) is 29.8 Å². The molecule has 0 unspecified atom stereocenters. The quantitative estimate of drug-likeness (QED) is 0.149. The molecule has 0 radical (unpaired) electrons. The van der Waals surface area contributed by atoms with Crippen molar-refractivity contribution in [2.45, 2.75) is 75.9 Å². The molecule has 1 atom stereocenters. The minimum Gasteiger partial charge on any atom is -0.497 e. The Morgan fingerprint density at radius 3 is 2.18 bits per heavy atom. The van der Waals surface area contributed by atoms with Crippen molar-refractivity contribution in [1.82, 2.24) is 10.2 Å². The molecule has 0 aliphatic heterocycles. The number of hydrogen-bond donors (Lipinski definition) is 1. The monoisotopic (exact) mass is 697 g/mol. The van der Waals surface area contributed by atoms with Crippen molar-refractivity contribution in [3.05, 3.63) is 120 Å². The molecule has 10 heteroatoms. The van der Waals surface area contributed by atoms with E-state index in [4.69, 9.17) is 9.47 Å². The van der Waals surface area contributed by atoms with Gasteiger partial charge in [0.05, 0.1) is 24.3 Å². The van der Waals surface area contributed by atoms with Gasteiger partial charge in [0.1, 0.15) is 24.1 Å². The van der Waals surface area contributed by atoms with E-state index in [0.717, 1.165) is 53.1 Å². The zero-order valence-electron chi connectivity index (χ0n) is 29.1. The Labute approximate surface area is 296 Å². The van der Waals surface area contributed by atoms with Gasteiger partial charge < -0.3 is 19.7 Å². The first-order valence-corrected chi connectivity index (χ1v) is 18.7. The molecule has 4 aromatic rings. The summed E-state index contributed by atoms with van der Waals surface area (Å²) in [5, 5.41) is 3.24. The molecule has 1 aliphatic carbocycles. The summed E-state index contributed by atoms with van der Waals surface area (Å²) in [5.74, 6) is 0.387. The van der Waals surface area contributed by atoms with Crippen LogP contribution in [0.15, 0.2) is 108 Å². The van der Waals surface area contributed by atoms with Crippen LogP contribution in [0.4, 0.5) is 5.69 Å². The number of amides is 2. The number of aryl methyl sites for hydroxylation is 1. The Morgan fingerprint density at radius 2 is 1.52 bits per heavy atom. The molecule has 264 valence electrons. The summed E-state index contributed by atoms with van der Waals surface area (Å²) in [6, 6.07) is 29.2. The Kier molecular flexibility index (Phi) is 12.5. The first kappa shape index (κ1) is 36.5. The van der Waals surface area contributed by atoms with Crippen LogP contribution in [0, 0.1) is 6.92 Å². The van der Waals surface area contributed by atoms with Gasteiger partial charge in [-0.2, -0.15) is 0 Å². The molecule has 0 aromatic heterocycles. The van der Waals surface area contributed by atoms with Gasteiger partial charge in [-0.1, -0.05) is 79.4 Å². The molecule has 1 saturated carbocycles. The van der Waals surface area contributed by atoms with E-state index in [0.29, 0.717) is 23.8 Å². The summed E-state index contributed by atoms with van der Waals surface area (Å²) in [6.45, 7) is 3.75. The van der Waals surface area contributed by atoms with Gasteiger partial charge in [0.15, 0.2) is 0 Å². The van der Waals surface area contributed by atoms with Gasteiger partial charge in [-0.25, -0.2) is 8.42 Å². The third-order valence-corrected chi connectivity index (χ3v) is 10.8. The van der Waals surface area contributed by atoms with E-state index in [1.807, 2.05) is 80.6 Å². The maximum atomic E-state index is 14.8. The molecule has 1 aliphatic rings. The number of carbonyl (C=O) groups excluding carboxylic acids is 2. The van der Waals surface area contributed by atoms with Crippen molar-refractivity contribution in [3.63, 3.8) is 0 Å². The molecular weight excluding hydrogens is 651 g/mol. The largest absolute Gasteiger partial charge is 0.497 e. The lowest BCUT2D eigenvalue weighted by atomic mass is 9.94. The number of nitrogens with zero attached hydrogens (tertiary/aromatic N) is 2. The molecule has 50 heavy (non-hydrogen) atoms. The molecule has 0 saturated heterocycles. The second-order valence-corrected chi connectivity index (χ2v) is 14.5. The van der Waals surface area contributed by atoms with Crippen LogP contribution in [0.3, 0.4) is 0 Å². The van der Waals surface area contributed by atoms with Gasteiger partial charge in [0.2, 0.25) is 11.8 Å². The van der Waals surface area contributed by atoms with Gasteiger partial charge >= 0.3 is 0 Å². The molecule has 2 amide bonds. The molecule has 1 fully saturated rings. The molecule has 4 aromatic carbocycles. The van der Waals surface area contributed by atoms with Crippen molar-refractivity contribution < 1.29 is 27.5 Å². The van der Waals surface area contributed by atoms with Crippen molar-refractivity contribution in [2.75, 3.05) is 24.6 Å². The topological polar surface area (TPSA) is 105 Å². The fourth-order valence-electron chi connectivity index (χ4n) is 6.31. The van der Waals surface area contributed by atoms with Crippen molar-refractivity contribution in [2.24, 2.45) is 0 Å². The molecule has 1 N–H and O–H groups in total. The van der Waals surface area contributed by atoms with Crippen molar-refractivity contribution in [3.8, 4) is 11.5 Å². The number of carbonyl (C=O) groups is 2. The first-order valence-electron chi connectivity index (χ1n) is 17.3. The second-order valence-electron chi connectivity index (χ2n) is 12.7. The number of nitrogens with one attached hydrogen (secondary N) is 1. The van der Waals surface area contributed by atoms with Crippen LogP contribution in [-0.4, -0.2) is 57.5 Å². The van der Waals surface area contributed by atoms with Crippen LogP contribution >= 0.6 is 0 Å². The predicted molar refractivity (Wildman–Crippen MR) is 196 cm³/mol.